The average Bonchev–Trinajstić information content (AvgIpc) is 3.51. The number of ether oxygens (including phenoxy) is 2. The molecule has 2 atom stereocenters. The zero-order valence-corrected chi connectivity index (χ0v) is 17.4. The van der Waals surface area contributed by atoms with Crippen molar-refractivity contribution in [2.24, 2.45) is 0 Å². The molecule has 1 aromatic carbocycles. The first-order valence-corrected chi connectivity index (χ1v) is 9.83. The van der Waals surface area contributed by atoms with E-state index < -0.39 is 23.5 Å². The molecule has 1 aliphatic rings. The topological polar surface area (TPSA) is 98.2 Å². The normalized spacial score (nSPS) is 17.1. The maximum absolute atomic E-state index is 14.6. The minimum atomic E-state index is -0.788. The Labute approximate surface area is 185 Å². The maximum atomic E-state index is 14.6. The molecule has 1 saturated carbocycles. The van der Waals surface area contributed by atoms with Gasteiger partial charge in [-0.25, -0.2) is 18.7 Å². The molecule has 0 unspecified atom stereocenters. The fourth-order valence-electron chi connectivity index (χ4n) is 4.01. The molecule has 0 radical (unpaired) electrons. The van der Waals surface area contributed by atoms with Gasteiger partial charge in [0.2, 0.25) is 11.8 Å². The summed E-state index contributed by atoms with van der Waals surface area (Å²) in [5, 5.41) is 13.2. The van der Waals surface area contributed by atoms with Crippen LogP contribution < -0.4 is 9.47 Å². The maximum Gasteiger partial charge on any atom is 0.319 e. The molecule has 0 spiro atoms. The fourth-order valence-corrected chi connectivity index (χ4v) is 4.01. The van der Waals surface area contributed by atoms with Crippen molar-refractivity contribution in [3.63, 3.8) is 0 Å². The van der Waals surface area contributed by atoms with Crippen molar-refractivity contribution in [2.45, 2.75) is 18.3 Å². The quantitative estimate of drug-likeness (QED) is 0.455. The lowest BCUT2D eigenvalue weighted by Crippen LogP contribution is -2.04. The molecule has 3 heterocycles. The summed E-state index contributed by atoms with van der Waals surface area (Å²) >= 11 is 0. The van der Waals surface area contributed by atoms with E-state index in [4.69, 9.17) is 14.7 Å². The number of imidazole rings is 1. The first-order valence-electron chi connectivity index (χ1n) is 9.83. The first-order chi connectivity index (χ1) is 15.9. The monoisotopic (exact) mass is 452 g/mol. The van der Waals surface area contributed by atoms with Crippen LogP contribution in [0.1, 0.15) is 34.9 Å². The number of nitrogens with zero attached hydrogens (tertiary/aromatic N) is 6. The van der Waals surface area contributed by atoms with Gasteiger partial charge in [-0.15, -0.1) is 0 Å². The number of methoxy groups -OCH3 is 2. The largest absolute Gasteiger partial charge is 0.480 e. The zero-order valence-electron chi connectivity index (χ0n) is 17.4. The molecule has 0 amide bonds. The Morgan fingerprint density at radius 2 is 1.79 bits per heavy atom. The Hall–Kier alpha value is -4.20. The van der Waals surface area contributed by atoms with Crippen molar-refractivity contribution in [2.75, 3.05) is 14.2 Å². The molecule has 0 aliphatic heterocycles. The Balaban J connectivity index is 1.62. The van der Waals surface area contributed by atoms with Crippen LogP contribution >= 0.6 is 0 Å². The molecule has 0 bridgehead atoms. The molecule has 8 nitrogen and oxygen atoms in total. The molecule has 5 rings (SSSR count). The SMILES string of the molecule is COc1ncc(-c2cc([C@H]3C[C@@H]3c3c(F)cc(C#N)cc3F)c3ncc(F)n3n2)c(OC)n1. The van der Waals surface area contributed by atoms with Crippen LogP contribution in [0.2, 0.25) is 0 Å². The van der Waals surface area contributed by atoms with E-state index in [1.807, 2.05) is 0 Å². The van der Waals surface area contributed by atoms with Crippen LogP contribution in [0.4, 0.5) is 13.2 Å². The second kappa shape index (κ2) is 7.74. The molecule has 1 aliphatic carbocycles. The lowest BCUT2D eigenvalue weighted by atomic mass is 10.0. The smallest absolute Gasteiger partial charge is 0.319 e. The zero-order chi connectivity index (χ0) is 23.3. The summed E-state index contributed by atoms with van der Waals surface area (Å²) < 4.78 is 54.9. The third-order valence-corrected chi connectivity index (χ3v) is 5.61. The first kappa shape index (κ1) is 20.7. The number of fused-ring (bicyclic) bond motifs is 1. The van der Waals surface area contributed by atoms with E-state index in [-0.39, 0.29) is 34.6 Å². The third-order valence-electron chi connectivity index (χ3n) is 5.61. The summed E-state index contributed by atoms with van der Waals surface area (Å²) in [6, 6.07) is 5.50. The lowest BCUT2D eigenvalue weighted by Gasteiger charge is -2.11. The third kappa shape index (κ3) is 3.40. The minimum absolute atomic E-state index is 0.0831. The van der Waals surface area contributed by atoms with Crippen LogP contribution in [-0.4, -0.2) is 38.8 Å². The molecule has 4 aromatic rings. The highest BCUT2D eigenvalue weighted by atomic mass is 19.1. The summed E-state index contributed by atoms with van der Waals surface area (Å²) in [7, 11) is 2.82. The number of hydrogen-bond acceptors (Lipinski definition) is 7. The van der Waals surface area contributed by atoms with Gasteiger partial charge in [0, 0.05) is 17.3 Å². The van der Waals surface area contributed by atoms with Gasteiger partial charge >= 0.3 is 6.01 Å². The second-order valence-electron chi connectivity index (χ2n) is 7.49. The average molecular weight is 452 g/mol. The van der Waals surface area contributed by atoms with Gasteiger partial charge in [-0.2, -0.15) is 24.3 Å². The minimum Gasteiger partial charge on any atom is -0.480 e. The molecular weight excluding hydrogens is 437 g/mol. The molecule has 0 saturated heterocycles. The van der Waals surface area contributed by atoms with Crippen molar-refractivity contribution >= 4 is 5.65 Å². The van der Waals surface area contributed by atoms with E-state index in [1.165, 1.54) is 20.4 Å². The van der Waals surface area contributed by atoms with Crippen LogP contribution in [0.15, 0.2) is 30.6 Å². The van der Waals surface area contributed by atoms with E-state index in [0.29, 0.717) is 23.2 Å². The van der Waals surface area contributed by atoms with Gasteiger partial charge < -0.3 is 9.47 Å². The molecule has 33 heavy (non-hydrogen) atoms. The van der Waals surface area contributed by atoms with Crippen LogP contribution in [-0.2, 0) is 0 Å². The molecule has 11 heteroatoms. The van der Waals surface area contributed by atoms with Gasteiger partial charge in [-0.1, -0.05) is 0 Å². The van der Waals surface area contributed by atoms with E-state index in [1.54, 1.807) is 12.1 Å². The Morgan fingerprint density at radius 1 is 1.03 bits per heavy atom. The van der Waals surface area contributed by atoms with Crippen LogP contribution in [0.5, 0.6) is 11.9 Å². The van der Waals surface area contributed by atoms with Crippen molar-refractivity contribution in [3.8, 4) is 29.2 Å². The lowest BCUT2D eigenvalue weighted by molar-refractivity contribution is 0.353. The summed E-state index contributed by atoms with van der Waals surface area (Å²) in [5.41, 5.74) is 1.28. The van der Waals surface area contributed by atoms with Gasteiger partial charge in [-0.3, -0.25) is 0 Å². The van der Waals surface area contributed by atoms with Gasteiger partial charge in [0.25, 0.3) is 0 Å². The van der Waals surface area contributed by atoms with E-state index in [0.717, 1.165) is 22.8 Å². The molecule has 0 N–H and O–H groups in total. The molecular formula is C22H15F3N6O2. The predicted molar refractivity (Wildman–Crippen MR) is 108 cm³/mol. The molecule has 1 fully saturated rings. The van der Waals surface area contributed by atoms with Gasteiger partial charge in [0.05, 0.1) is 43.3 Å². The summed E-state index contributed by atoms with van der Waals surface area (Å²) in [6.07, 6.45) is 2.88. The molecule has 3 aromatic heterocycles. The predicted octanol–water partition coefficient (Wildman–Crippen LogP) is 3.76. The van der Waals surface area contributed by atoms with Crippen LogP contribution in [0.25, 0.3) is 16.9 Å². The number of halogens is 3. The number of aromatic nitrogens is 5. The second-order valence-corrected chi connectivity index (χ2v) is 7.49. The van der Waals surface area contributed by atoms with Gasteiger partial charge in [-0.05, 0) is 36.5 Å². The number of hydrogen-bond donors (Lipinski definition) is 0. The summed E-state index contributed by atoms with van der Waals surface area (Å²) in [4.78, 5) is 12.3. The van der Waals surface area contributed by atoms with Gasteiger partial charge in [0.1, 0.15) is 11.6 Å². The number of nitriles is 1. The summed E-state index contributed by atoms with van der Waals surface area (Å²) in [6.45, 7) is 0. The van der Waals surface area contributed by atoms with Crippen molar-refractivity contribution in [3.05, 3.63) is 64.9 Å². The highest BCUT2D eigenvalue weighted by molar-refractivity contribution is 5.68. The van der Waals surface area contributed by atoms with Gasteiger partial charge in [0.15, 0.2) is 5.65 Å². The van der Waals surface area contributed by atoms with Crippen LogP contribution in [0.3, 0.4) is 0 Å². The van der Waals surface area contributed by atoms with Crippen molar-refractivity contribution < 1.29 is 22.6 Å². The van der Waals surface area contributed by atoms with Crippen molar-refractivity contribution in [1.29, 1.82) is 5.26 Å². The molecule has 166 valence electrons. The Morgan fingerprint density at radius 3 is 2.45 bits per heavy atom. The fraction of sp³-hybridized carbons (Fsp3) is 0.227. The highest BCUT2D eigenvalue weighted by Crippen LogP contribution is 2.57. The summed E-state index contributed by atoms with van der Waals surface area (Å²) in [5.74, 6) is -2.94. The Kier molecular flexibility index (Phi) is 4.85. The highest BCUT2D eigenvalue weighted by Gasteiger charge is 2.44. The van der Waals surface area contributed by atoms with E-state index in [2.05, 4.69) is 20.1 Å². The van der Waals surface area contributed by atoms with Crippen LogP contribution in [0, 0.1) is 28.9 Å². The Bertz CT molecular complexity index is 1430. The number of benzene rings is 1. The van der Waals surface area contributed by atoms with Crippen molar-refractivity contribution in [1.82, 2.24) is 24.6 Å². The standard InChI is InChI=1S/C22H15F3N6O2/c1-32-21-14(8-28-22(29-21)33-2)17-6-13(20-27-9-18(25)31(20)30-17)11-5-12(11)19-15(23)3-10(7-26)4-16(19)24/h3-4,6,8-9,11-12H,5H2,1-2H3/t11-,12-/m0/s1. The van der Waals surface area contributed by atoms with E-state index in [9.17, 15) is 13.2 Å². The number of rotatable bonds is 5. The van der Waals surface area contributed by atoms with E-state index >= 15 is 0 Å².